The lowest BCUT2D eigenvalue weighted by Gasteiger charge is -2.14. The number of amides is 1. The van der Waals surface area contributed by atoms with Crippen molar-refractivity contribution in [3.05, 3.63) is 59.7 Å². The molecule has 0 aliphatic carbocycles. The minimum Gasteiger partial charge on any atom is -0.496 e. The second-order valence-electron chi connectivity index (χ2n) is 5.48. The molecule has 1 atom stereocenters. The van der Waals surface area contributed by atoms with Crippen LogP contribution in [0, 0.1) is 6.92 Å². The Labute approximate surface area is 141 Å². The number of hydrogen-bond acceptors (Lipinski definition) is 4. The Bertz CT molecular complexity index is 710. The molecule has 0 aromatic heterocycles. The van der Waals surface area contributed by atoms with Gasteiger partial charge in [-0.05, 0) is 32.0 Å². The van der Waals surface area contributed by atoms with E-state index in [-0.39, 0.29) is 12.3 Å². The van der Waals surface area contributed by atoms with E-state index in [0.29, 0.717) is 11.4 Å². The lowest BCUT2D eigenvalue weighted by molar-refractivity contribution is -0.152. The Morgan fingerprint density at radius 1 is 1.08 bits per heavy atom. The molecule has 0 heterocycles. The highest BCUT2D eigenvalue weighted by molar-refractivity contribution is 5.95. The molecule has 2 aromatic carbocycles. The van der Waals surface area contributed by atoms with Crippen LogP contribution in [0.15, 0.2) is 48.5 Å². The number of carbonyl (C=O) groups excluding carboxylic acids is 2. The molecule has 0 radical (unpaired) electrons. The van der Waals surface area contributed by atoms with Gasteiger partial charge >= 0.3 is 5.97 Å². The number of benzene rings is 2. The topological polar surface area (TPSA) is 64.6 Å². The van der Waals surface area contributed by atoms with Crippen LogP contribution in [0.5, 0.6) is 5.75 Å². The van der Waals surface area contributed by atoms with E-state index < -0.39 is 12.1 Å². The van der Waals surface area contributed by atoms with Crippen molar-refractivity contribution in [1.82, 2.24) is 0 Å². The van der Waals surface area contributed by atoms with E-state index in [9.17, 15) is 9.59 Å². The van der Waals surface area contributed by atoms with Crippen molar-refractivity contribution in [2.24, 2.45) is 0 Å². The molecule has 0 aliphatic heterocycles. The predicted molar refractivity (Wildman–Crippen MR) is 92.1 cm³/mol. The molecule has 0 saturated heterocycles. The van der Waals surface area contributed by atoms with Crippen molar-refractivity contribution in [3.8, 4) is 5.75 Å². The molecule has 0 unspecified atom stereocenters. The molecule has 24 heavy (non-hydrogen) atoms. The zero-order valence-corrected chi connectivity index (χ0v) is 14.0. The van der Waals surface area contributed by atoms with E-state index >= 15 is 0 Å². The maximum atomic E-state index is 12.1. The Morgan fingerprint density at radius 3 is 2.42 bits per heavy atom. The molecule has 5 heteroatoms. The number of esters is 1. The highest BCUT2D eigenvalue weighted by Gasteiger charge is 2.19. The summed E-state index contributed by atoms with van der Waals surface area (Å²) in [5, 5.41) is 2.72. The van der Waals surface area contributed by atoms with Gasteiger partial charge in [0.05, 0.1) is 13.5 Å². The highest BCUT2D eigenvalue weighted by Crippen LogP contribution is 2.18. The summed E-state index contributed by atoms with van der Waals surface area (Å²) in [6, 6.07) is 14.6. The lowest BCUT2D eigenvalue weighted by Crippen LogP contribution is -2.30. The van der Waals surface area contributed by atoms with Crippen LogP contribution < -0.4 is 10.1 Å². The van der Waals surface area contributed by atoms with Crippen LogP contribution in [0.4, 0.5) is 5.69 Å². The lowest BCUT2D eigenvalue weighted by atomic mass is 10.1. The second kappa shape index (κ2) is 8.15. The maximum Gasteiger partial charge on any atom is 0.311 e. The van der Waals surface area contributed by atoms with Crippen molar-refractivity contribution in [2.45, 2.75) is 26.4 Å². The monoisotopic (exact) mass is 327 g/mol. The molecule has 1 N–H and O–H groups in total. The fourth-order valence-corrected chi connectivity index (χ4v) is 2.18. The molecule has 126 valence electrons. The van der Waals surface area contributed by atoms with Crippen LogP contribution in [0.25, 0.3) is 0 Å². The standard InChI is InChI=1S/C19H21NO4/c1-13-8-10-16(11-9-13)20-19(22)14(2)24-18(21)12-15-6-4-5-7-17(15)23-3/h4-11,14H,12H2,1-3H3,(H,20,22)/t14-/m0/s1. The summed E-state index contributed by atoms with van der Waals surface area (Å²) >= 11 is 0. The van der Waals surface area contributed by atoms with Crippen LogP contribution in [0.2, 0.25) is 0 Å². The average molecular weight is 327 g/mol. The first-order valence-corrected chi connectivity index (χ1v) is 7.68. The maximum absolute atomic E-state index is 12.1. The first-order valence-electron chi connectivity index (χ1n) is 7.68. The molecular weight excluding hydrogens is 306 g/mol. The normalized spacial score (nSPS) is 11.5. The third-order valence-corrected chi connectivity index (χ3v) is 3.52. The summed E-state index contributed by atoms with van der Waals surface area (Å²) in [7, 11) is 1.54. The Kier molecular flexibility index (Phi) is 5.95. The molecule has 0 spiro atoms. The SMILES string of the molecule is COc1ccccc1CC(=O)O[C@@H](C)C(=O)Nc1ccc(C)cc1. The number of rotatable bonds is 6. The van der Waals surface area contributed by atoms with Gasteiger partial charge in [0, 0.05) is 11.3 Å². The molecule has 2 rings (SSSR count). The fourth-order valence-electron chi connectivity index (χ4n) is 2.18. The quantitative estimate of drug-likeness (QED) is 0.828. The zero-order chi connectivity index (χ0) is 17.5. The van der Waals surface area contributed by atoms with Crippen molar-refractivity contribution in [2.75, 3.05) is 12.4 Å². The third-order valence-electron chi connectivity index (χ3n) is 3.52. The number of aryl methyl sites for hydroxylation is 1. The number of anilines is 1. The largest absolute Gasteiger partial charge is 0.496 e. The minimum atomic E-state index is -0.881. The Morgan fingerprint density at radius 2 is 1.75 bits per heavy atom. The van der Waals surface area contributed by atoms with E-state index in [1.807, 2.05) is 31.2 Å². The van der Waals surface area contributed by atoms with Gasteiger partial charge < -0.3 is 14.8 Å². The van der Waals surface area contributed by atoms with Gasteiger partial charge in [-0.3, -0.25) is 9.59 Å². The molecule has 1 amide bonds. The van der Waals surface area contributed by atoms with Crippen molar-refractivity contribution in [1.29, 1.82) is 0 Å². The van der Waals surface area contributed by atoms with E-state index in [2.05, 4.69) is 5.32 Å². The van der Waals surface area contributed by atoms with Crippen molar-refractivity contribution >= 4 is 17.6 Å². The van der Waals surface area contributed by atoms with Gasteiger partial charge in [0.1, 0.15) is 5.75 Å². The smallest absolute Gasteiger partial charge is 0.311 e. The molecule has 2 aromatic rings. The summed E-state index contributed by atoms with van der Waals surface area (Å²) in [5.41, 5.74) is 2.48. The first kappa shape index (κ1) is 17.5. The third kappa shape index (κ3) is 4.84. The number of para-hydroxylation sites is 1. The summed E-state index contributed by atoms with van der Waals surface area (Å²) in [6.45, 7) is 3.51. The molecule has 0 fully saturated rings. The molecule has 5 nitrogen and oxygen atoms in total. The number of hydrogen-bond donors (Lipinski definition) is 1. The van der Waals surface area contributed by atoms with Crippen molar-refractivity contribution in [3.63, 3.8) is 0 Å². The average Bonchev–Trinajstić information content (AvgIpc) is 2.57. The van der Waals surface area contributed by atoms with Crippen molar-refractivity contribution < 1.29 is 19.1 Å². The van der Waals surface area contributed by atoms with Crippen LogP contribution in [0.1, 0.15) is 18.1 Å². The second-order valence-corrected chi connectivity index (χ2v) is 5.48. The number of nitrogens with one attached hydrogen (secondary N) is 1. The fraction of sp³-hybridized carbons (Fsp3) is 0.263. The van der Waals surface area contributed by atoms with E-state index in [1.54, 1.807) is 38.3 Å². The van der Waals surface area contributed by atoms with Gasteiger partial charge in [0.25, 0.3) is 5.91 Å². The van der Waals surface area contributed by atoms with Crippen LogP contribution >= 0.6 is 0 Å². The zero-order valence-electron chi connectivity index (χ0n) is 14.0. The highest BCUT2D eigenvalue weighted by atomic mass is 16.5. The van der Waals surface area contributed by atoms with E-state index in [4.69, 9.17) is 9.47 Å². The summed E-state index contributed by atoms with van der Waals surface area (Å²) in [4.78, 5) is 24.1. The number of methoxy groups -OCH3 is 1. The van der Waals surface area contributed by atoms with Gasteiger partial charge in [0.2, 0.25) is 0 Å². The molecule has 0 bridgehead atoms. The van der Waals surface area contributed by atoms with Gasteiger partial charge in [-0.1, -0.05) is 35.9 Å². The van der Waals surface area contributed by atoms with Gasteiger partial charge in [-0.2, -0.15) is 0 Å². The Balaban J connectivity index is 1.90. The van der Waals surface area contributed by atoms with Gasteiger partial charge in [-0.25, -0.2) is 0 Å². The minimum absolute atomic E-state index is 0.0478. The molecule has 0 saturated carbocycles. The molecule has 0 aliphatic rings. The summed E-state index contributed by atoms with van der Waals surface area (Å²) < 4.78 is 10.4. The summed E-state index contributed by atoms with van der Waals surface area (Å²) in [6.07, 6.45) is -0.833. The summed E-state index contributed by atoms with van der Waals surface area (Å²) in [5.74, 6) is -0.232. The predicted octanol–water partition coefficient (Wildman–Crippen LogP) is 3.12. The van der Waals surface area contributed by atoms with Crippen LogP contribution in [-0.2, 0) is 20.7 Å². The van der Waals surface area contributed by atoms with E-state index in [1.165, 1.54) is 0 Å². The van der Waals surface area contributed by atoms with Crippen LogP contribution in [0.3, 0.4) is 0 Å². The molecular formula is C19H21NO4. The number of ether oxygens (including phenoxy) is 2. The van der Waals surface area contributed by atoms with Crippen LogP contribution in [-0.4, -0.2) is 25.1 Å². The van der Waals surface area contributed by atoms with Gasteiger partial charge in [0.15, 0.2) is 6.10 Å². The number of carbonyl (C=O) groups is 2. The Hall–Kier alpha value is -2.82. The van der Waals surface area contributed by atoms with E-state index in [0.717, 1.165) is 11.1 Å². The first-order chi connectivity index (χ1) is 11.5. The van der Waals surface area contributed by atoms with Gasteiger partial charge in [-0.15, -0.1) is 0 Å².